The molecule has 0 aliphatic heterocycles. The molecular formula is C44H46NiO2P2. The van der Waals surface area contributed by atoms with Crippen molar-refractivity contribution in [2.45, 2.75) is 37.0 Å². The van der Waals surface area contributed by atoms with E-state index in [0.29, 0.717) is 0 Å². The van der Waals surface area contributed by atoms with Gasteiger partial charge in [0, 0.05) is 16.5 Å². The number of hydrogen-bond donors (Lipinski definition) is 0. The Labute approximate surface area is 306 Å². The van der Waals surface area contributed by atoms with E-state index in [1.54, 1.807) is 0 Å². The van der Waals surface area contributed by atoms with E-state index < -0.39 is 0 Å². The first-order valence-electron chi connectivity index (χ1n) is 16.1. The van der Waals surface area contributed by atoms with Gasteiger partial charge in [0.2, 0.25) is 0 Å². The van der Waals surface area contributed by atoms with Crippen LogP contribution in [0.4, 0.5) is 0 Å². The summed E-state index contributed by atoms with van der Waals surface area (Å²) in [4.78, 5) is 16.0. The van der Waals surface area contributed by atoms with Gasteiger partial charge in [0.1, 0.15) is 13.6 Å². The van der Waals surface area contributed by atoms with Crippen molar-refractivity contribution in [3.8, 4) is 0 Å². The zero-order valence-electron chi connectivity index (χ0n) is 28.0. The van der Waals surface area contributed by atoms with Crippen molar-refractivity contribution in [3.05, 3.63) is 215 Å². The van der Waals surface area contributed by atoms with Crippen LogP contribution >= 0.6 is 15.8 Å². The second kappa shape index (κ2) is 26.0. The van der Waals surface area contributed by atoms with Crippen molar-refractivity contribution < 1.29 is 26.1 Å². The molecule has 6 aromatic carbocycles. The Balaban J connectivity index is 0.000000303. The number of carbonyl (C=O) groups is 2. The molecule has 0 saturated heterocycles. The van der Waals surface area contributed by atoms with Crippen LogP contribution in [0.25, 0.3) is 0 Å². The first-order chi connectivity index (χ1) is 23.8. The van der Waals surface area contributed by atoms with Gasteiger partial charge in [0.25, 0.3) is 0 Å². The summed E-state index contributed by atoms with van der Waals surface area (Å²) in [6.07, 6.45) is 7.17. The third kappa shape index (κ3) is 16.8. The largest absolute Gasteiger partial charge is 0.307 e. The maximum absolute atomic E-state index is 8.00. The molecule has 0 aromatic heterocycles. The summed E-state index contributed by atoms with van der Waals surface area (Å²) < 4.78 is 0. The van der Waals surface area contributed by atoms with Gasteiger partial charge in [-0.05, 0) is 70.4 Å². The van der Waals surface area contributed by atoms with Crippen LogP contribution in [-0.4, -0.2) is 13.6 Å². The number of benzene rings is 6. The molecule has 254 valence electrons. The molecule has 5 heteroatoms. The molecule has 49 heavy (non-hydrogen) atoms. The normalized spacial score (nSPS) is 9.84. The van der Waals surface area contributed by atoms with Crippen LogP contribution in [0, 0.1) is 0 Å². The molecule has 0 atom stereocenters. The van der Waals surface area contributed by atoms with Crippen LogP contribution in [0.1, 0.15) is 33.4 Å². The standard InChI is InChI=1S/2C21H21P.2CH2O.Ni/c2*1-4-10-19(11-5-1)16-22(17-20-12-6-2-7-13-20)18-21-14-8-3-9-15-21;2*1-2;/h2*1-15H,16-18H2;2*1H2;. The summed E-state index contributed by atoms with van der Waals surface area (Å²) >= 11 is 0. The van der Waals surface area contributed by atoms with Gasteiger partial charge in [-0.15, -0.1) is 0 Å². The Hall–Kier alpha value is -3.99. The summed E-state index contributed by atoms with van der Waals surface area (Å²) in [6.45, 7) is 4.00. The van der Waals surface area contributed by atoms with Gasteiger partial charge in [0.15, 0.2) is 0 Å². The number of rotatable bonds is 12. The molecule has 6 rings (SSSR count). The van der Waals surface area contributed by atoms with E-state index in [2.05, 4.69) is 182 Å². The molecule has 0 radical (unpaired) electrons. The van der Waals surface area contributed by atoms with Crippen molar-refractivity contribution in [1.82, 2.24) is 0 Å². The minimum absolute atomic E-state index is 0. The van der Waals surface area contributed by atoms with Crippen LogP contribution in [0.2, 0.25) is 0 Å². The first-order valence-corrected chi connectivity index (χ1v) is 19.9. The molecule has 0 unspecified atom stereocenters. The van der Waals surface area contributed by atoms with Crippen LogP contribution in [-0.2, 0) is 63.1 Å². The smallest absolute Gasteiger partial charge is 0.106 e. The fourth-order valence-electron chi connectivity index (χ4n) is 5.39. The predicted molar refractivity (Wildman–Crippen MR) is 209 cm³/mol. The van der Waals surface area contributed by atoms with Crippen molar-refractivity contribution in [2.24, 2.45) is 0 Å². The van der Waals surface area contributed by atoms with Crippen molar-refractivity contribution in [1.29, 1.82) is 0 Å². The monoisotopic (exact) mass is 726 g/mol. The number of hydrogen-bond acceptors (Lipinski definition) is 2. The zero-order valence-corrected chi connectivity index (χ0v) is 30.8. The topological polar surface area (TPSA) is 34.1 Å². The van der Waals surface area contributed by atoms with Gasteiger partial charge in [-0.25, -0.2) is 0 Å². The molecule has 0 aliphatic rings. The van der Waals surface area contributed by atoms with Gasteiger partial charge < -0.3 is 9.59 Å². The quantitative estimate of drug-likeness (QED) is 0.0929. The number of carbonyl (C=O) groups excluding carboxylic acids is 2. The molecule has 0 spiro atoms. The van der Waals surface area contributed by atoms with Crippen LogP contribution in [0.5, 0.6) is 0 Å². The minimum atomic E-state index is -0.0895. The fourth-order valence-corrected chi connectivity index (χ4v) is 10.4. The molecular weight excluding hydrogens is 681 g/mol. The van der Waals surface area contributed by atoms with Gasteiger partial charge in [0.05, 0.1) is 0 Å². The second-order valence-corrected chi connectivity index (χ2v) is 15.8. The van der Waals surface area contributed by atoms with Crippen LogP contribution in [0.15, 0.2) is 182 Å². The van der Waals surface area contributed by atoms with Crippen molar-refractivity contribution in [3.63, 3.8) is 0 Å². The van der Waals surface area contributed by atoms with Gasteiger partial charge in [-0.3, -0.25) is 0 Å². The molecule has 0 N–H and O–H groups in total. The third-order valence-corrected chi connectivity index (χ3v) is 12.4. The van der Waals surface area contributed by atoms with E-state index >= 15 is 0 Å². The van der Waals surface area contributed by atoms with E-state index in [4.69, 9.17) is 9.59 Å². The van der Waals surface area contributed by atoms with Crippen molar-refractivity contribution in [2.75, 3.05) is 0 Å². The van der Waals surface area contributed by atoms with E-state index in [1.807, 2.05) is 13.6 Å². The Bertz CT molecular complexity index is 1300. The second-order valence-electron chi connectivity index (χ2n) is 11.2. The molecule has 0 aliphatic carbocycles. The van der Waals surface area contributed by atoms with Crippen LogP contribution < -0.4 is 0 Å². The molecule has 0 bridgehead atoms. The summed E-state index contributed by atoms with van der Waals surface area (Å²) in [5.74, 6) is 0. The minimum Gasteiger partial charge on any atom is -0.307 e. The van der Waals surface area contributed by atoms with Crippen molar-refractivity contribution >= 4 is 29.4 Å². The van der Waals surface area contributed by atoms with Gasteiger partial charge >= 0.3 is 0 Å². The zero-order chi connectivity index (χ0) is 34.1. The third-order valence-electron chi connectivity index (χ3n) is 7.49. The first kappa shape index (κ1) is 41.2. The predicted octanol–water partition coefficient (Wildman–Crippen LogP) is 11.8. The van der Waals surface area contributed by atoms with Crippen LogP contribution in [0.3, 0.4) is 0 Å². The van der Waals surface area contributed by atoms with E-state index in [-0.39, 0.29) is 32.3 Å². The van der Waals surface area contributed by atoms with E-state index in [9.17, 15) is 0 Å². The summed E-state index contributed by atoms with van der Waals surface area (Å²) in [5, 5.41) is 0. The average Bonchev–Trinajstić information content (AvgIpc) is 3.16. The molecule has 0 saturated carbocycles. The maximum atomic E-state index is 8.00. The van der Waals surface area contributed by atoms with E-state index in [0.717, 1.165) is 0 Å². The Morgan fingerprint density at radius 2 is 0.388 bits per heavy atom. The van der Waals surface area contributed by atoms with E-state index in [1.165, 1.54) is 70.4 Å². The Kier molecular flexibility index (Phi) is 21.8. The molecule has 0 amide bonds. The summed E-state index contributed by atoms with van der Waals surface area (Å²) in [6, 6.07) is 65.4. The molecule has 2 nitrogen and oxygen atoms in total. The van der Waals surface area contributed by atoms with Gasteiger partial charge in [-0.2, -0.15) is 0 Å². The Morgan fingerprint density at radius 1 is 0.265 bits per heavy atom. The summed E-state index contributed by atoms with van der Waals surface area (Å²) in [5.41, 5.74) is 8.75. The molecule has 0 fully saturated rings. The SMILES string of the molecule is C=O.C=O.[Ni].c1ccc(CP(Cc2ccccc2)Cc2ccccc2)cc1.c1ccc(CP(Cc2ccccc2)Cc2ccccc2)cc1. The Morgan fingerprint density at radius 3 is 0.510 bits per heavy atom. The summed E-state index contributed by atoms with van der Waals surface area (Å²) in [7, 11) is -0.179. The van der Waals surface area contributed by atoms with Gasteiger partial charge in [-0.1, -0.05) is 198 Å². The molecule has 0 heterocycles. The average molecular weight is 727 g/mol. The molecule has 6 aromatic rings. The fraction of sp³-hybridized carbons (Fsp3) is 0.136. The maximum Gasteiger partial charge on any atom is 0.106 e.